The average Bonchev–Trinajstić information content (AvgIpc) is 3.18. The summed E-state index contributed by atoms with van der Waals surface area (Å²) in [4.78, 5) is 31.1. The number of carbonyl (C=O) groups is 2. The summed E-state index contributed by atoms with van der Waals surface area (Å²) < 4.78 is 5.57. The maximum absolute atomic E-state index is 12.4. The zero-order valence-corrected chi connectivity index (χ0v) is 18.4. The van der Waals surface area contributed by atoms with Crippen molar-refractivity contribution >= 4 is 46.0 Å². The van der Waals surface area contributed by atoms with E-state index in [1.807, 2.05) is 42.6 Å². The number of carbonyl (C=O) groups excluding carboxylic acids is 2. The number of nitrogens with zero attached hydrogens (tertiary/aromatic N) is 2. The summed E-state index contributed by atoms with van der Waals surface area (Å²) in [6.45, 7) is 2.14. The molecule has 8 heteroatoms. The first-order valence-corrected chi connectivity index (χ1v) is 11.7. The predicted octanol–water partition coefficient (Wildman–Crippen LogP) is 4.17. The highest BCUT2D eigenvalue weighted by molar-refractivity contribution is 8.00. The van der Waals surface area contributed by atoms with E-state index in [2.05, 4.69) is 27.8 Å². The number of thioether (sulfide) groups is 1. The van der Waals surface area contributed by atoms with Crippen LogP contribution in [0, 0.1) is 0 Å². The van der Waals surface area contributed by atoms with Crippen molar-refractivity contribution in [3.8, 4) is 0 Å². The van der Waals surface area contributed by atoms with E-state index in [1.54, 1.807) is 4.90 Å². The fourth-order valence-corrected chi connectivity index (χ4v) is 4.91. The van der Waals surface area contributed by atoms with Crippen LogP contribution in [0.25, 0.3) is 10.9 Å². The van der Waals surface area contributed by atoms with Crippen LogP contribution in [0.15, 0.2) is 59.6 Å². The van der Waals surface area contributed by atoms with Crippen molar-refractivity contribution in [2.75, 3.05) is 29.1 Å². The maximum atomic E-state index is 12.4. The Bertz CT molecular complexity index is 1160. The Hall–Kier alpha value is -3.10. The Balaban J connectivity index is 1.11. The first kappa shape index (κ1) is 20.8. The third-order valence-corrected chi connectivity index (χ3v) is 6.79. The second kappa shape index (κ2) is 9.18. The fraction of sp³-hybridized carbons (Fsp3) is 0.292. The van der Waals surface area contributed by atoms with Gasteiger partial charge in [-0.3, -0.25) is 14.7 Å². The highest BCUT2D eigenvalue weighted by Gasteiger charge is 2.32. The van der Waals surface area contributed by atoms with Gasteiger partial charge in [0.15, 0.2) is 0 Å². The van der Waals surface area contributed by atoms with Gasteiger partial charge < -0.3 is 15.4 Å². The molecule has 2 N–H and O–H groups in total. The van der Waals surface area contributed by atoms with E-state index in [-0.39, 0.29) is 18.1 Å². The Kier molecular flexibility index (Phi) is 5.96. The highest BCUT2D eigenvalue weighted by atomic mass is 32.2. The van der Waals surface area contributed by atoms with Crippen LogP contribution >= 0.6 is 11.8 Å². The van der Waals surface area contributed by atoms with Crippen LogP contribution in [0.4, 0.5) is 16.2 Å². The van der Waals surface area contributed by atoms with E-state index >= 15 is 0 Å². The molecule has 1 fully saturated rings. The van der Waals surface area contributed by atoms with Gasteiger partial charge >= 0.3 is 6.09 Å². The molecule has 1 aromatic heterocycles. The summed E-state index contributed by atoms with van der Waals surface area (Å²) in [6.07, 6.45) is 3.05. The van der Waals surface area contributed by atoms with Gasteiger partial charge in [-0.1, -0.05) is 18.2 Å². The van der Waals surface area contributed by atoms with Gasteiger partial charge in [0.2, 0.25) is 5.91 Å². The smallest absolute Gasteiger partial charge is 0.414 e. The van der Waals surface area contributed by atoms with Crippen LogP contribution < -0.4 is 15.5 Å². The SMILES string of the molecule is O=C1CSc2ccc(N3C[C@H](CCCNCc4cccc5ncccc45)OC3=O)cc2N1. The third-order valence-electron chi connectivity index (χ3n) is 5.71. The number of cyclic esters (lactones) is 1. The minimum absolute atomic E-state index is 0.0196. The van der Waals surface area contributed by atoms with Gasteiger partial charge in [-0.15, -0.1) is 11.8 Å². The van der Waals surface area contributed by atoms with Gasteiger partial charge in [0.25, 0.3) is 0 Å². The van der Waals surface area contributed by atoms with Crippen molar-refractivity contribution in [1.29, 1.82) is 0 Å². The van der Waals surface area contributed by atoms with Crippen molar-refractivity contribution < 1.29 is 14.3 Å². The first-order valence-electron chi connectivity index (χ1n) is 10.8. The molecule has 1 saturated heterocycles. The van der Waals surface area contributed by atoms with Gasteiger partial charge in [-0.25, -0.2) is 4.79 Å². The molecule has 0 aliphatic carbocycles. The number of fused-ring (bicyclic) bond motifs is 2. The van der Waals surface area contributed by atoms with Crippen LogP contribution in [0.3, 0.4) is 0 Å². The van der Waals surface area contributed by atoms with E-state index in [0.717, 1.165) is 47.7 Å². The molecule has 2 aliphatic heterocycles. The molecule has 2 aliphatic rings. The summed E-state index contributed by atoms with van der Waals surface area (Å²) in [7, 11) is 0. The zero-order valence-electron chi connectivity index (χ0n) is 17.5. The molecule has 0 saturated carbocycles. The fourth-order valence-electron chi connectivity index (χ4n) is 4.12. The van der Waals surface area contributed by atoms with Crippen LogP contribution in [-0.4, -0.2) is 41.9 Å². The predicted molar refractivity (Wildman–Crippen MR) is 126 cm³/mol. The topological polar surface area (TPSA) is 83.6 Å². The third kappa shape index (κ3) is 4.42. The molecule has 32 heavy (non-hydrogen) atoms. The standard InChI is InChI=1S/C24H24N4O3S/c29-23-15-32-22-9-8-17(12-21(22)27-23)28-14-18(31-24(28)30)5-2-10-25-13-16-4-1-7-20-19(16)6-3-11-26-20/h1,3-4,6-9,11-12,18,25H,2,5,10,13-15H2,(H,27,29)/t18-/m0/s1. The number of anilines is 2. The van der Waals surface area contributed by atoms with E-state index in [4.69, 9.17) is 4.74 Å². The lowest BCUT2D eigenvalue weighted by Crippen LogP contribution is -2.25. The largest absolute Gasteiger partial charge is 0.444 e. The number of rotatable bonds is 7. The number of amides is 2. The molecular weight excluding hydrogens is 424 g/mol. The molecule has 5 rings (SSSR count). The van der Waals surface area contributed by atoms with Gasteiger partial charge in [0.05, 0.1) is 23.5 Å². The lowest BCUT2D eigenvalue weighted by Gasteiger charge is -2.20. The van der Waals surface area contributed by atoms with E-state index < -0.39 is 0 Å². The molecule has 0 unspecified atom stereocenters. The molecular formula is C24H24N4O3S. The lowest BCUT2D eigenvalue weighted by atomic mass is 10.1. The number of benzene rings is 2. The highest BCUT2D eigenvalue weighted by Crippen LogP contribution is 2.35. The average molecular weight is 449 g/mol. The quantitative estimate of drug-likeness (QED) is 0.528. The van der Waals surface area contributed by atoms with Gasteiger partial charge in [0, 0.05) is 28.7 Å². The van der Waals surface area contributed by atoms with Crippen LogP contribution in [0.2, 0.25) is 0 Å². The number of hydrogen-bond acceptors (Lipinski definition) is 6. The molecule has 3 heterocycles. The molecule has 2 aromatic carbocycles. The van der Waals surface area contributed by atoms with Crippen molar-refractivity contribution in [3.63, 3.8) is 0 Å². The summed E-state index contributed by atoms with van der Waals surface area (Å²) in [6, 6.07) is 15.9. The molecule has 0 bridgehead atoms. The number of pyridine rings is 1. The Morgan fingerprint density at radius 3 is 3.06 bits per heavy atom. The Labute approximate surface area is 190 Å². The first-order chi connectivity index (χ1) is 15.7. The second-order valence-corrected chi connectivity index (χ2v) is 8.96. The lowest BCUT2D eigenvalue weighted by molar-refractivity contribution is -0.113. The van der Waals surface area contributed by atoms with Crippen molar-refractivity contribution in [2.45, 2.75) is 30.4 Å². The van der Waals surface area contributed by atoms with Gasteiger partial charge in [-0.2, -0.15) is 0 Å². The normalized spacial score (nSPS) is 17.9. The van der Waals surface area contributed by atoms with Gasteiger partial charge in [-0.05, 0) is 55.3 Å². The Morgan fingerprint density at radius 1 is 1.19 bits per heavy atom. The summed E-state index contributed by atoms with van der Waals surface area (Å²) in [5.74, 6) is 0.403. The van der Waals surface area contributed by atoms with E-state index in [9.17, 15) is 9.59 Å². The molecule has 0 spiro atoms. The van der Waals surface area contributed by atoms with Gasteiger partial charge in [0.1, 0.15) is 6.10 Å². The second-order valence-electron chi connectivity index (χ2n) is 7.94. The Morgan fingerprint density at radius 2 is 2.12 bits per heavy atom. The van der Waals surface area contributed by atoms with Crippen LogP contribution in [-0.2, 0) is 16.1 Å². The zero-order chi connectivity index (χ0) is 21.9. The monoisotopic (exact) mass is 448 g/mol. The summed E-state index contributed by atoms with van der Waals surface area (Å²) in [5, 5.41) is 7.53. The molecule has 7 nitrogen and oxygen atoms in total. The van der Waals surface area contributed by atoms with Crippen LogP contribution in [0.1, 0.15) is 18.4 Å². The molecule has 164 valence electrons. The molecule has 0 radical (unpaired) electrons. The van der Waals surface area contributed by atoms with E-state index in [1.165, 1.54) is 22.7 Å². The number of hydrogen-bond donors (Lipinski definition) is 2. The van der Waals surface area contributed by atoms with Crippen LogP contribution in [0.5, 0.6) is 0 Å². The summed E-state index contributed by atoms with van der Waals surface area (Å²) >= 11 is 1.51. The minimum atomic E-state index is -0.332. The van der Waals surface area contributed by atoms with Crippen molar-refractivity contribution in [1.82, 2.24) is 10.3 Å². The summed E-state index contributed by atoms with van der Waals surface area (Å²) in [5.41, 5.74) is 3.74. The van der Waals surface area contributed by atoms with E-state index in [0.29, 0.717) is 12.3 Å². The van der Waals surface area contributed by atoms with Crippen molar-refractivity contribution in [2.24, 2.45) is 0 Å². The minimum Gasteiger partial charge on any atom is -0.444 e. The molecule has 3 aromatic rings. The molecule has 2 amide bonds. The number of nitrogens with one attached hydrogen (secondary N) is 2. The number of aromatic nitrogens is 1. The van der Waals surface area contributed by atoms with Crippen molar-refractivity contribution in [3.05, 3.63) is 60.3 Å². The molecule has 1 atom stereocenters. The maximum Gasteiger partial charge on any atom is 0.414 e. The number of ether oxygens (including phenoxy) is 1.